The van der Waals surface area contributed by atoms with Crippen LogP contribution in [0.5, 0.6) is 0 Å². The van der Waals surface area contributed by atoms with Crippen LogP contribution in [0.15, 0.2) is 18.5 Å². The van der Waals surface area contributed by atoms with E-state index < -0.39 is 132 Å². The van der Waals surface area contributed by atoms with E-state index in [1.807, 2.05) is 0 Å². The minimum absolute atomic E-state index is 0.0279. The maximum Gasteiger partial charge on any atom is 0.340 e. The van der Waals surface area contributed by atoms with Crippen LogP contribution in [0.25, 0.3) is 0 Å². The number of carbonyl (C=O) groups excluding carboxylic acids is 7. The van der Waals surface area contributed by atoms with Gasteiger partial charge in [0.25, 0.3) is 0 Å². The number of rotatable bonds is 6. The molecule has 1 saturated heterocycles. The molecule has 1 aromatic heterocycles. The highest BCUT2D eigenvalue weighted by molar-refractivity contribution is 5.91. The number of pyridine rings is 1. The Bertz CT molecular complexity index is 1740. The molecule has 2 N–H and O–H groups in total. The summed E-state index contributed by atoms with van der Waals surface area (Å²) in [5, 5.41) is 25.9. The zero-order chi connectivity index (χ0) is 40.3. The lowest BCUT2D eigenvalue weighted by Crippen LogP contribution is -2.89. The molecule has 296 valence electrons. The summed E-state index contributed by atoms with van der Waals surface area (Å²) in [6.45, 7) is 8.86. The van der Waals surface area contributed by atoms with E-state index in [0.717, 1.165) is 41.5 Å². The predicted molar refractivity (Wildman–Crippen MR) is 176 cm³/mol. The normalized spacial score (nSPS) is 39.8. The molecule has 54 heavy (non-hydrogen) atoms. The summed E-state index contributed by atoms with van der Waals surface area (Å²) in [5.74, 6) is -10.2. The molecule has 5 rings (SSSR count). The van der Waals surface area contributed by atoms with E-state index in [9.17, 15) is 43.8 Å². The maximum absolute atomic E-state index is 14.2. The molecule has 2 saturated carbocycles. The lowest BCUT2D eigenvalue weighted by molar-refractivity contribution is -0.386. The summed E-state index contributed by atoms with van der Waals surface area (Å²) in [5.41, 5.74) is -9.74. The van der Waals surface area contributed by atoms with Crippen LogP contribution >= 0.6 is 0 Å². The first-order chi connectivity index (χ1) is 25.1. The van der Waals surface area contributed by atoms with Crippen molar-refractivity contribution in [3.05, 3.63) is 29.6 Å². The lowest BCUT2D eigenvalue weighted by atomic mass is 9.45. The number of aromatic nitrogens is 1. The highest BCUT2D eigenvalue weighted by atomic mass is 16.7. The van der Waals surface area contributed by atoms with E-state index in [0.29, 0.717) is 5.56 Å². The van der Waals surface area contributed by atoms with Crippen LogP contribution in [-0.2, 0) is 66.7 Å². The van der Waals surface area contributed by atoms with Crippen LogP contribution in [0.1, 0.15) is 84.2 Å². The lowest BCUT2D eigenvalue weighted by Gasteiger charge is -2.67. The second kappa shape index (κ2) is 14.2. The first-order valence-electron chi connectivity index (χ1n) is 17.3. The van der Waals surface area contributed by atoms with E-state index in [4.69, 9.17) is 37.9 Å². The van der Waals surface area contributed by atoms with Gasteiger partial charge in [-0.1, -0.05) is 13.8 Å². The summed E-state index contributed by atoms with van der Waals surface area (Å²) >= 11 is 0. The number of fused-ring (bicyclic) bond motifs is 5. The van der Waals surface area contributed by atoms with E-state index in [1.54, 1.807) is 6.92 Å². The van der Waals surface area contributed by atoms with Gasteiger partial charge in [-0.25, -0.2) is 4.79 Å². The van der Waals surface area contributed by atoms with E-state index >= 15 is 0 Å². The van der Waals surface area contributed by atoms with Crippen LogP contribution in [0, 0.1) is 17.3 Å². The molecule has 1 spiro atoms. The van der Waals surface area contributed by atoms with Gasteiger partial charge in [0.15, 0.2) is 23.9 Å². The van der Waals surface area contributed by atoms with Crippen molar-refractivity contribution in [2.75, 3.05) is 13.2 Å². The summed E-state index contributed by atoms with van der Waals surface area (Å²) < 4.78 is 47.5. The summed E-state index contributed by atoms with van der Waals surface area (Å²) in [6, 6.07) is 1.51. The van der Waals surface area contributed by atoms with Gasteiger partial charge in [-0.3, -0.25) is 33.8 Å². The quantitative estimate of drug-likeness (QED) is 0.295. The smallest absolute Gasteiger partial charge is 0.340 e. The van der Waals surface area contributed by atoms with Gasteiger partial charge in [0.05, 0.1) is 17.4 Å². The van der Waals surface area contributed by atoms with Crippen molar-refractivity contribution in [2.45, 2.75) is 122 Å². The average molecular weight is 764 g/mol. The topological polar surface area (TPSA) is 247 Å². The van der Waals surface area contributed by atoms with Crippen molar-refractivity contribution >= 4 is 41.8 Å². The minimum atomic E-state index is -2.77. The van der Waals surface area contributed by atoms with Gasteiger partial charge in [-0.05, 0) is 31.4 Å². The van der Waals surface area contributed by atoms with Gasteiger partial charge >= 0.3 is 41.8 Å². The molecule has 4 aliphatic rings. The highest BCUT2D eigenvalue weighted by Gasteiger charge is 2.91. The molecule has 13 atom stereocenters. The SMILES string of the molecule is CC(=O)OC[C@]12[C@H](O)[C@H](OC(C)=O)[C@H]3OC(=O)[C@@H](C)[C@H](C)c4ccncc4C(=O)OC[C@]4(C)O[C@@]1([C@@H](OC(C)=O)[C@H]4[C@@H](OC(C)=O)[C@@H]2OC(C)=O)[C@]3(C)O. The summed E-state index contributed by atoms with van der Waals surface area (Å²) in [7, 11) is 0. The third-order valence-electron chi connectivity index (χ3n) is 11.2. The molecule has 2 aliphatic heterocycles. The Kier molecular flexibility index (Phi) is 10.6. The Morgan fingerprint density at radius 3 is 2.00 bits per heavy atom. The molecule has 2 aliphatic carbocycles. The third kappa shape index (κ3) is 6.17. The van der Waals surface area contributed by atoms with E-state index in [2.05, 4.69) is 4.98 Å². The second-order valence-corrected chi connectivity index (χ2v) is 14.8. The van der Waals surface area contributed by atoms with Crippen LogP contribution in [0.3, 0.4) is 0 Å². The Labute approximate surface area is 310 Å². The summed E-state index contributed by atoms with van der Waals surface area (Å²) in [6.07, 6.45) is -9.32. The van der Waals surface area contributed by atoms with Crippen molar-refractivity contribution in [3.8, 4) is 0 Å². The number of esters is 7. The maximum atomic E-state index is 14.2. The zero-order valence-electron chi connectivity index (χ0n) is 31.3. The largest absolute Gasteiger partial charge is 0.465 e. The fraction of sp³-hybridized carbons (Fsp3) is 0.667. The summed E-state index contributed by atoms with van der Waals surface area (Å²) in [4.78, 5) is 96.4. The van der Waals surface area contributed by atoms with Crippen molar-refractivity contribution in [1.82, 2.24) is 4.98 Å². The van der Waals surface area contributed by atoms with Crippen LogP contribution in [0.4, 0.5) is 0 Å². The van der Waals surface area contributed by atoms with Crippen molar-refractivity contribution in [3.63, 3.8) is 0 Å². The van der Waals surface area contributed by atoms with Gasteiger partial charge in [-0.15, -0.1) is 0 Å². The molecule has 18 heteroatoms. The number of nitrogens with zero attached hydrogens (tertiary/aromatic N) is 1. The monoisotopic (exact) mass is 763 g/mol. The fourth-order valence-corrected chi connectivity index (χ4v) is 8.98. The predicted octanol–water partition coefficient (Wildman–Crippen LogP) is 0.463. The van der Waals surface area contributed by atoms with Gasteiger partial charge in [-0.2, -0.15) is 0 Å². The first kappa shape index (κ1) is 40.5. The third-order valence-corrected chi connectivity index (χ3v) is 11.2. The molecule has 1 aromatic rings. The number of ether oxygens (including phenoxy) is 8. The fourth-order valence-electron chi connectivity index (χ4n) is 8.98. The molecule has 3 fully saturated rings. The Balaban J connectivity index is 1.95. The average Bonchev–Trinajstić information content (AvgIpc) is 3.29. The number of hydrogen-bond donors (Lipinski definition) is 2. The highest BCUT2D eigenvalue weighted by Crippen LogP contribution is 2.69. The molecular formula is C36H45NO17. The van der Waals surface area contributed by atoms with Crippen LogP contribution in [0.2, 0.25) is 0 Å². The molecule has 0 unspecified atom stereocenters. The number of aliphatic hydroxyl groups is 2. The van der Waals surface area contributed by atoms with Gasteiger partial charge < -0.3 is 48.1 Å². The van der Waals surface area contributed by atoms with E-state index in [1.165, 1.54) is 32.3 Å². The number of hydrogen-bond acceptors (Lipinski definition) is 18. The molecule has 0 amide bonds. The molecule has 18 nitrogen and oxygen atoms in total. The van der Waals surface area contributed by atoms with Gasteiger partial charge in [0.1, 0.15) is 48.1 Å². The standard InChI is InChI=1S/C36H45NO17/c1-15-16(2)31(44)53-29-26(50-19(5)40)27(43)35(14-47-17(3)38)30(52-21(7)42)25(49-18(4)39)24-28(51-20(6)41)36(35,34(29,9)46)54-33(24,8)13-48-32(45)23-12-37-11-10-22(15)23/h10-12,15-16,24-30,43,46H,13-14H2,1-9H3/t15-,16-,24+,25+,26-,27+,28-,29+,30-,33-,34+,35+,36-/m0/s1. The van der Waals surface area contributed by atoms with Gasteiger partial charge in [0, 0.05) is 47.0 Å². The Hall–Kier alpha value is -4.68. The molecule has 3 heterocycles. The van der Waals surface area contributed by atoms with Gasteiger partial charge in [0.2, 0.25) is 0 Å². The number of cyclic esters (lactones) is 1. The molecule has 0 aromatic carbocycles. The molecular weight excluding hydrogens is 718 g/mol. The second-order valence-electron chi connectivity index (χ2n) is 14.8. The first-order valence-corrected chi connectivity index (χ1v) is 17.3. The van der Waals surface area contributed by atoms with Crippen molar-refractivity contribution < 1.29 is 81.7 Å². The van der Waals surface area contributed by atoms with E-state index in [-0.39, 0.29) is 5.56 Å². The Morgan fingerprint density at radius 1 is 0.852 bits per heavy atom. The van der Waals surface area contributed by atoms with Crippen molar-refractivity contribution in [2.24, 2.45) is 17.3 Å². The zero-order valence-corrected chi connectivity index (χ0v) is 31.3. The van der Waals surface area contributed by atoms with Crippen LogP contribution in [-0.4, -0.2) is 124 Å². The minimum Gasteiger partial charge on any atom is -0.465 e. The molecule has 0 radical (unpaired) electrons. The van der Waals surface area contributed by atoms with Crippen molar-refractivity contribution in [1.29, 1.82) is 0 Å². The van der Waals surface area contributed by atoms with Crippen LogP contribution < -0.4 is 0 Å². The number of carbonyl (C=O) groups is 7. The number of aliphatic hydroxyl groups excluding tert-OH is 1. The Morgan fingerprint density at radius 2 is 1.43 bits per heavy atom. The molecule has 4 bridgehead atoms.